The summed E-state index contributed by atoms with van der Waals surface area (Å²) in [5.41, 5.74) is 0.991. The van der Waals surface area contributed by atoms with Crippen molar-refractivity contribution in [3.8, 4) is 11.6 Å². The number of nitrogens with zero attached hydrogens (tertiary/aromatic N) is 5. The van der Waals surface area contributed by atoms with Gasteiger partial charge in [0, 0.05) is 26.2 Å². The van der Waals surface area contributed by atoms with Gasteiger partial charge in [0.15, 0.2) is 5.76 Å². The maximum atomic E-state index is 12.6. The van der Waals surface area contributed by atoms with Gasteiger partial charge in [-0.3, -0.25) is 9.69 Å². The Morgan fingerprint density at radius 2 is 2.06 bits per heavy atom. The maximum Gasteiger partial charge on any atom is 0.289 e. The fourth-order valence-corrected chi connectivity index (χ4v) is 5.04. The van der Waals surface area contributed by atoms with E-state index in [0.29, 0.717) is 36.9 Å². The predicted molar refractivity (Wildman–Crippen MR) is 114 cm³/mol. The lowest BCUT2D eigenvalue weighted by molar-refractivity contribution is 0.0568. The van der Waals surface area contributed by atoms with Crippen molar-refractivity contribution < 1.29 is 19.1 Å². The normalized spacial score (nSPS) is 16.0. The molecule has 9 nitrogen and oxygen atoms in total. The van der Waals surface area contributed by atoms with E-state index >= 15 is 0 Å². The molecule has 0 bridgehead atoms. The summed E-state index contributed by atoms with van der Waals surface area (Å²) in [7, 11) is 1.63. The third-order valence-electron chi connectivity index (χ3n) is 5.50. The molecule has 10 heteroatoms. The van der Waals surface area contributed by atoms with Crippen LogP contribution >= 0.6 is 11.3 Å². The molecule has 1 saturated heterocycles. The number of hydrogen-bond acceptors (Lipinski definition) is 8. The Labute approximate surface area is 182 Å². The van der Waals surface area contributed by atoms with Crippen LogP contribution in [-0.4, -0.2) is 68.7 Å². The van der Waals surface area contributed by atoms with E-state index in [9.17, 15) is 9.90 Å². The summed E-state index contributed by atoms with van der Waals surface area (Å²) in [5, 5.41) is 15.0. The second kappa shape index (κ2) is 8.05. The number of fused-ring (bicyclic) bond motifs is 1. The van der Waals surface area contributed by atoms with Gasteiger partial charge in [-0.15, -0.1) is 0 Å². The quantitative estimate of drug-likeness (QED) is 0.511. The molecular formula is C21H21N5O4S. The number of carbonyl (C=O) groups is 1. The first-order valence-electron chi connectivity index (χ1n) is 9.88. The second-order valence-corrected chi connectivity index (χ2v) is 8.24. The number of aromatic nitrogens is 3. The van der Waals surface area contributed by atoms with Crippen LogP contribution in [0.4, 0.5) is 0 Å². The van der Waals surface area contributed by atoms with Gasteiger partial charge in [-0.2, -0.15) is 9.61 Å². The summed E-state index contributed by atoms with van der Waals surface area (Å²) < 4.78 is 12.1. The lowest BCUT2D eigenvalue weighted by Crippen LogP contribution is -2.49. The Bertz CT molecular complexity index is 1190. The average molecular weight is 439 g/mol. The smallest absolute Gasteiger partial charge is 0.289 e. The van der Waals surface area contributed by atoms with Crippen molar-refractivity contribution in [1.82, 2.24) is 24.4 Å². The van der Waals surface area contributed by atoms with Crippen LogP contribution in [0, 0.1) is 0 Å². The van der Waals surface area contributed by atoms with Crippen molar-refractivity contribution in [2.45, 2.75) is 6.04 Å². The standard InChI is InChI=1S/C21H21N5O4S/c1-29-15-5-2-4-14(12-15)17(18-20(28)26-21(31-18)22-13-23-26)24-7-9-25(10-8-24)19(27)16-6-3-11-30-16/h2-6,11-13,17,28H,7-10H2,1H3/t17-/m1/s1. The number of ether oxygens (including phenoxy) is 1. The third kappa shape index (κ3) is 3.53. The number of amides is 1. The zero-order chi connectivity index (χ0) is 21.4. The molecule has 0 saturated carbocycles. The molecule has 1 aromatic carbocycles. The molecule has 1 atom stereocenters. The van der Waals surface area contributed by atoms with E-state index in [2.05, 4.69) is 15.0 Å². The molecule has 0 spiro atoms. The number of methoxy groups -OCH3 is 1. The molecule has 0 unspecified atom stereocenters. The first-order valence-corrected chi connectivity index (χ1v) is 10.7. The van der Waals surface area contributed by atoms with Crippen molar-refractivity contribution in [3.63, 3.8) is 0 Å². The Kier molecular flexibility index (Phi) is 5.08. The second-order valence-electron chi connectivity index (χ2n) is 7.23. The van der Waals surface area contributed by atoms with E-state index in [1.807, 2.05) is 24.3 Å². The van der Waals surface area contributed by atoms with Gasteiger partial charge in [-0.1, -0.05) is 23.5 Å². The van der Waals surface area contributed by atoms with Gasteiger partial charge < -0.3 is 19.2 Å². The minimum atomic E-state index is -0.218. The molecule has 0 radical (unpaired) electrons. The van der Waals surface area contributed by atoms with E-state index in [1.54, 1.807) is 24.1 Å². The van der Waals surface area contributed by atoms with Crippen LogP contribution in [0.15, 0.2) is 53.4 Å². The topological polar surface area (TPSA) is 96.3 Å². The van der Waals surface area contributed by atoms with Crippen LogP contribution in [0.25, 0.3) is 4.96 Å². The molecule has 5 rings (SSSR count). The molecule has 1 fully saturated rings. The molecule has 4 heterocycles. The minimum absolute atomic E-state index is 0.0828. The highest BCUT2D eigenvalue weighted by molar-refractivity contribution is 7.17. The molecule has 1 N–H and O–H groups in total. The molecule has 31 heavy (non-hydrogen) atoms. The van der Waals surface area contributed by atoms with Crippen molar-refractivity contribution in [1.29, 1.82) is 0 Å². The van der Waals surface area contributed by atoms with Crippen LogP contribution in [0.1, 0.15) is 27.0 Å². The Morgan fingerprint density at radius 3 is 2.77 bits per heavy atom. The average Bonchev–Trinajstić information content (AvgIpc) is 3.55. The third-order valence-corrected chi connectivity index (χ3v) is 6.58. The SMILES string of the molecule is COc1cccc([C@H](c2sc3ncnn3c2O)N2CCN(C(=O)c3ccco3)CC2)c1. The monoisotopic (exact) mass is 439 g/mol. The number of piperazine rings is 1. The van der Waals surface area contributed by atoms with Gasteiger partial charge in [0.1, 0.15) is 12.1 Å². The highest BCUT2D eigenvalue weighted by atomic mass is 32.1. The number of hydrogen-bond donors (Lipinski definition) is 1. The molecule has 4 aromatic rings. The van der Waals surface area contributed by atoms with Crippen molar-refractivity contribution in [2.75, 3.05) is 33.3 Å². The lowest BCUT2D eigenvalue weighted by Gasteiger charge is -2.38. The van der Waals surface area contributed by atoms with Crippen LogP contribution in [0.3, 0.4) is 0 Å². The first-order chi connectivity index (χ1) is 15.2. The van der Waals surface area contributed by atoms with Gasteiger partial charge in [0.05, 0.1) is 24.3 Å². The number of thiazole rings is 1. The van der Waals surface area contributed by atoms with Crippen molar-refractivity contribution >= 4 is 22.2 Å². The summed E-state index contributed by atoms with van der Waals surface area (Å²) in [6.45, 7) is 2.39. The zero-order valence-electron chi connectivity index (χ0n) is 16.8. The Balaban J connectivity index is 1.46. The molecule has 3 aromatic heterocycles. The molecule has 0 aliphatic carbocycles. The van der Waals surface area contributed by atoms with Crippen LogP contribution in [-0.2, 0) is 0 Å². The van der Waals surface area contributed by atoms with Gasteiger partial charge >= 0.3 is 0 Å². The van der Waals surface area contributed by atoms with E-state index in [0.717, 1.165) is 16.2 Å². The Morgan fingerprint density at radius 1 is 1.23 bits per heavy atom. The summed E-state index contributed by atoms with van der Waals surface area (Å²) in [6, 6.07) is 11.0. The van der Waals surface area contributed by atoms with E-state index < -0.39 is 0 Å². The van der Waals surface area contributed by atoms with Gasteiger partial charge in [-0.05, 0) is 29.8 Å². The highest BCUT2D eigenvalue weighted by Gasteiger charge is 2.33. The number of aromatic hydroxyl groups is 1. The summed E-state index contributed by atoms with van der Waals surface area (Å²) >= 11 is 1.41. The number of rotatable bonds is 5. The summed E-state index contributed by atoms with van der Waals surface area (Å²) in [6.07, 6.45) is 2.93. The van der Waals surface area contributed by atoms with Crippen molar-refractivity contribution in [2.24, 2.45) is 0 Å². The molecule has 1 aliphatic rings. The van der Waals surface area contributed by atoms with Crippen molar-refractivity contribution in [3.05, 3.63) is 65.2 Å². The van der Waals surface area contributed by atoms with E-state index in [4.69, 9.17) is 9.15 Å². The van der Waals surface area contributed by atoms with E-state index in [-0.39, 0.29) is 17.8 Å². The Hall–Kier alpha value is -3.37. The number of furan rings is 1. The van der Waals surface area contributed by atoms with E-state index in [1.165, 1.54) is 28.4 Å². The van der Waals surface area contributed by atoms with Gasteiger partial charge in [0.25, 0.3) is 5.91 Å². The lowest BCUT2D eigenvalue weighted by atomic mass is 10.0. The van der Waals surface area contributed by atoms with Crippen LogP contribution in [0.5, 0.6) is 11.6 Å². The summed E-state index contributed by atoms with van der Waals surface area (Å²) in [4.78, 5) is 22.3. The fraction of sp³-hybridized carbons (Fsp3) is 0.286. The van der Waals surface area contributed by atoms with Crippen LogP contribution < -0.4 is 4.74 Å². The molecule has 1 amide bonds. The molecular weight excluding hydrogens is 418 g/mol. The summed E-state index contributed by atoms with van der Waals surface area (Å²) in [5.74, 6) is 1.07. The highest BCUT2D eigenvalue weighted by Crippen LogP contribution is 2.40. The number of benzene rings is 1. The largest absolute Gasteiger partial charge is 0.497 e. The zero-order valence-corrected chi connectivity index (χ0v) is 17.7. The molecule has 160 valence electrons. The molecule has 1 aliphatic heterocycles. The van der Waals surface area contributed by atoms with Gasteiger partial charge in [0.2, 0.25) is 10.8 Å². The van der Waals surface area contributed by atoms with Gasteiger partial charge in [-0.25, -0.2) is 4.98 Å². The predicted octanol–water partition coefficient (Wildman–Crippen LogP) is 2.65. The van der Waals surface area contributed by atoms with Crippen LogP contribution in [0.2, 0.25) is 0 Å². The number of carbonyl (C=O) groups excluding carboxylic acids is 1. The maximum absolute atomic E-state index is 12.6. The fourth-order valence-electron chi connectivity index (χ4n) is 3.95. The minimum Gasteiger partial charge on any atom is -0.497 e. The first kappa shape index (κ1) is 19.6.